The number of methoxy groups -OCH3 is 2. The monoisotopic (exact) mass is 414 g/mol. The second kappa shape index (κ2) is 9.79. The third-order valence-electron chi connectivity index (χ3n) is 4.25. The molecule has 0 radical (unpaired) electrons. The van der Waals surface area contributed by atoms with E-state index < -0.39 is 5.97 Å². The Balaban J connectivity index is 1.70. The van der Waals surface area contributed by atoms with Crippen LogP contribution < -0.4 is 10.1 Å². The molecule has 1 aromatic carbocycles. The number of hydrogen-bond donors (Lipinski definition) is 1. The molecule has 2 amide bonds. The Morgan fingerprint density at radius 2 is 2.00 bits per heavy atom. The number of carbonyl (C=O) groups excluding carboxylic acids is 2. The quantitative estimate of drug-likeness (QED) is 0.563. The minimum atomic E-state index is -0.493. The standard InChI is InChI=1S/C21H22N2O5S/c1-26-19-8-7-15(11-18(19)20(24)27-2)12-22-21(25)23(13-16-5-3-9-28-16)14-17-6-4-10-29-17/h3-11H,12-14H2,1-2H3,(H,22,25). The van der Waals surface area contributed by atoms with Crippen molar-refractivity contribution in [1.82, 2.24) is 10.2 Å². The normalized spacial score (nSPS) is 10.4. The van der Waals surface area contributed by atoms with Crippen LogP contribution in [0.1, 0.15) is 26.6 Å². The molecule has 0 unspecified atom stereocenters. The maximum absolute atomic E-state index is 12.8. The molecule has 0 aliphatic heterocycles. The molecule has 0 bridgehead atoms. The smallest absolute Gasteiger partial charge is 0.341 e. The number of hydrogen-bond acceptors (Lipinski definition) is 6. The molecule has 3 aromatic rings. The van der Waals surface area contributed by atoms with Crippen LogP contribution in [0.15, 0.2) is 58.5 Å². The van der Waals surface area contributed by atoms with Gasteiger partial charge in [0.25, 0.3) is 0 Å². The number of carbonyl (C=O) groups is 2. The molecule has 0 atom stereocenters. The predicted molar refractivity (Wildman–Crippen MR) is 109 cm³/mol. The highest BCUT2D eigenvalue weighted by Crippen LogP contribution is 2.21. The van der Waals surface area contributed by atoms with Crippen LogP contribution in [-0.2, 0) is 24.4 Å². The van der Waals surface area contributed by atoms with Crippen LogP contribution in [-0.4, -0.2) is 31.1 Å². The number of ether oxygens (including phenoxy) is 2. The number of benzene rings is 1. The van der Waals surface area contributed by atoms with Gasteiger partial charge in [0.15, 0.2) is 0 Å². The van der Waals surface area contributed by atoms with E-state index in [0.29, 0.717) is 30.2 Å². The summed E-state index contributed by atoms with van der Waals surface area (Å²) in [7, 11) is 2.80. The van der Waals surface area contributed by atoms with Gasteiger partial charge in [0.2, 0.25) is 0 Å². The average Bonchev–Trinajstić information content (AvgIpc) is 3.45. The highest BCUT2D eigenvalue weighted by Gasteiger charge is 2.18. The number of amides is 2. The number of esters is 1. The lowest BCUT2D eigenvalue weighted by atomic mass is 10.1. The van der Waals surface area contributed by atoms with Gasteiger partial charge >= 0.3 is 12.0 Å². The summed E-state index contributed by atoms with van der Waals surface area (Å²) < 4.78 is 15.4. The van der Waals surface area contributed by atoms with Gasteiger partial charge in [-0.05, 0) is 41.3 Å². The van der Waals surface area contributed by atoms with Gasteiger partial charge in [-0.3, -0.25) is 0 Å². The number of furan rings is 1. The van der Waals surface area contributed by atoms with Crippen LogP contribution in [0.4, 0.5) is 4.79 Å². The van der Waals surface area contributed by atoms with Gasteiger partial charge in [-0.1, -0.05) is 12.1 Å². The number of urea groups is 1. The Labute approximate surface area is 172 Å². The van der Waals surface area contributed by atoms with Crippen molar-refractivity contribution in [2.45, 2.75) is 19.6 Å². The van der Waals surface area contributed by atoms with E-state index in [1.165, 1.54) is 14.2 Å². The molecule has 0 spiro atoms. The molecule has 0 aliphatic rings. The Morgan fingerprint density at radius 1 is 1.14 bits per heavy atom. The number of rotatable bonds is 8. The van der Waals surface area contributed by atoms with E-state index in [2.05, 4.69) is 5.32 Å². The molecule has 8 heteroatoms. The van der Waals surface area contributed by atoms with Crippen LogP contribution in [0.3, 0.4) is 0 Å². The van der Waals surface area contributed by atoms with E-state index in [1.54, 1.807) is 46.8 Å². The van der Waals surface area contributed by atoms with Crippen molar-refractivity contribution in [2.75, 3.05) is 14.2 Å². The van der Waals surface area contributed by atoms with Crippen molar-refractivity contribution >= 4 is 23.3 Å². The number of nitrogens with zero attached hydrogens (tertiary/aromatic N) is 1. The van der Waals surface area contributed by atoms with Crippen molar-refractivity contribution < 1.29 is 23.5 Å². The molecule has 0 fully saturated rings. The Bertz CT molecular complexity index is 902. The molecule has 7 nitrogen and oxygen atoms in total. The zero-order chi connectivity index (χ0) is 20.6. The minimum absolute atomic E-state index is 0.231. The molecule has 3 rings (SSSR count). The van der Waals surface area contributed by atoms with Crippen LogP contribution in [0.25, 0.3) is 0 Å². The first-order valence-corrected chi connectivity index (χ1v) is 9.81. The van der Waals surface area contributed by atoms with Crippen molar-refractivity contribution in [1.29, 1.82) is 0 Å². The van der Waals surface area contributed by atoms with E-state index >= 15 is 0 Å². The van der Waals surface area contributed by atoms with Crippen LogP contribution >= 0.6 is 11.3 Å². The number of thiophene rings is 1. The molecular formula is C21H22N2O5S. The van der Waals surface area contributed by atoms with Gasteiger partial charge in [-0.25, -0.2) is 9.59 Å². The molecular weight excluding hydrogens is 392 g/mol. The summed E-state index contributed by atoms with van der Waals surface area (Å²) >= 11 is 1.59. The van der Waals surface area contributed by atoms with Crippen molar-refractivity contribution in [3.63, 3.8) is 0 Å². The minimum Gasteiger partial charge on any atom is -0.496 e. The van der Waals surface area contributed by atoms with Gasteiger partial charge in [0.1, 0.15) is 17.1 Å². The SMILES string of the molecule is COC(=O)c1cc(CNC(=O)N(Cc2ccco2)Cc2cccs2)ccc1OC. The molecule has 2 aromatic heterocycles. The topological polar surface area (TPSA) is 81.0 Å². The highest BCUT2D eigenvalue weighted by molar-refractivity contribution is 7.09. The first-order chi connectivity index (χ1) is 14.1. The zero-order valence-corrected chi connectivity index (χ0v) is 17.0. The van der Waals surface area contributed by atoms with Gasteiger partial charge in [-0.2, -0.15) is 0 Å². The van der Waals surface area contributed by atoms with E-state index in [0.717, 1.165) is 10.4 Å². The lowest BCUT2D eigenvalue weighted by molar-refractivity contribution is 0.0597. The predicted octanol–water partition coefficient (Wildman–Crippen LogP) is 4.05. The summed E-state index contributed by atoms with van der Waals surface area (Å²) in [6.45, 7) is 1.08. The second-order valence-corrected chi connectivity index (χ2v) is 7.23. The molecule has 1 N–H and O–H groups in total. The van der Waals surface area contributed by atoms with Crippen molar-refractivity contribution in [3.8, 4) is 5.75 Å². The summed E-state index contributed by atoms with van der Waals surface area (Å²) in [5.74, 6) is 0.630. The second-order valence-electron chi connectivity index (χ2n) is 6.20. The molecule has 0 saturated carbocycles. The third-order valence-corrected chi connectivity index (χ3v) is 5.11. The summed E-state index contributed by atoms with van der Waals surface area (Å²) in [4.78, 5) is 27.5. The fraction of sp³-hybridized carbons (Fsp3) is 0.238. The van der Waals surface area contributed by atoms with Crippen LogP contribution in [0, 0.1) is 0 Å². The van der Waals surface area contributed by atoms with E-state index in [9.17, 15) is 9.59 Å². The first-order valence-electron chi connectivity index (χ1n) is 8.93. The first kappa shape index (κ1) is 20.5. The zero-order valence-electron chi connectivity index (χ0n) is 16.2. The lowest BCUT2D eigenvalue weighted by Gasteiger charge is -2.22. The number of nitrogens with one attached hydrogen (secondary N) is 1. The molecule has 152 valence electrons. The van der Waals surface area contributed by atoms with Crippen molar-refractivity contribution in [2.24, 2.45) is 0 Å². The van der Waals surface area contributed by atoms with E-state index in [4.69, 9.17) is 13.9 Å². The van der Waals surface area contributed by atoms with E-state index in [1.807, 2.05) is 23.6 Å². The summed E-state index contributed by atoms with van der Waals surface area (Å²) in [5.41, 5.74) is 1.07. The Kier molecular flexibility index (Phi) is 6.91. The Morgan fingerprint density at radius 3 is 2.66 bits per heavy atom. The molecule has 0 aliphatic carbocycles. The Hall–Kier alpha value is -3.26. The fourth-order valence-electron chi connectivity index (χ4n) is 2.80. The van der Waals surface area contributed by atoms with Crippen molar-refractivity contribution in [3.05, 3.63) is 75.9 Å². The molecule has 0 saturated heterocycles. The summed E-state index contributed by atoms with van der Waals surface area (Å²) in [6, 6.07) is 12.5. The summed E-state index contributed by atoms with van der Waals surface area (Å²) in [6.07, 6.45) is 1.59. The average molecular weight is 414 g/mol. The maximum atomic E-state index is 12.8. The van der Waals surface area contributed by atoms with Gasteiger partial charge in [-0.15, -0.1) is 11.3 Å². The third kappa shape index (κ3) is 5.39. The van der Waals surface area contributed by atoms with Gasteiger partial charge in [0.05, 0.1) is 33.6 Å². The van der Waals surface area contributed by atoms with Crippen LogP contribution in [0.5, 0.6) is 5.75 Å². The summed E-state index contributed by atoms with van der Waals surface area (Å²) in [5, 5.41) is 4.88. The van der Waals surface area contributed by atoms with Crippen LogP contribution in [0.2, 0.25) is 0 Å². The van der Waals surface area contributed by atoms with E-state index in [-0.39, 0.29) is 12.6 Å². The molecule has 29 heavy (non-hydrogen) atoms. The molecule has 2 heterocycles. The largest absolute Gasteiger partial charge is 0.496 e. The lowest BCUT2D eigenvalue weighted by Crippen LogP contribution is -2.38. The fourth-order valence-corrected chi connectivity index (χ4v) is 3.52. The van der Waals surface area contributed by atoms with Gasteiger partial charge < -0.3 is 24.1 Å². The highest BCUT2D eigenvalue weighted by atomic mass is 32.1. The van der Waals surface area contributed by atoms with Gasteiger partial charge in [0, 0.05) is 11.4 Å². The maximum Gasteiger partial charge on any atom is 0.341 e.